The van der Waals surface area contributed by atoms with Gasteiger partial charge in [0.2, 0.25) is 0 Å². The Morgan fingerprint density at radius 2 is 2.15 bits per heavy atom. The second kappa shape index (κ2) is 4.25. The Morgan fingerprint density at radius 3 is 2.69 bits per heavy atom. The van der Waals surface area contributed by atoms with Gasteiger partial charge in [-0.2, -0.15) is 5.06 Å². The minimum Gasteiger partial charge on any atom is -0.496 e. The summed E-state index contributed by atoms with van der Waals surface area (Å²) in [5.74, 6) is 0.820. The fourth-order valence-corrected chi connectivity index (χ4v) is 1.30. The van der Waals surface area contributed by atoms with Gasteiger partial charge < -0.3 is 9.94 Å². The molecule has 0 spiro atoms. The summed E-state index contributed by atoms with van der Waals surface area (Å²) in [6.07, 6.45) is 0. The maximum absolute atomic E-state index is 9.13. The molecule has 0 bridgehead atoms. The summed E-state index contributed by atoms with van der Waals surface area (Å²) in [5, 5.41) is 10.3. The Labute approximate surface area is 78.5 Å². The number of ether oxygens (including phenoxy) is 1. The first kappa shape index (κ1) is 10.0. The van der Waals surface area contributed by atoms with E-state index < -0.39 is 0 Å². The molecule has 1 aromatic rings. The molecule has 0 aliphatic rings. The minimum absolute atomic E-state index is 0.482. The lowest BCUT2D eigenvalue weighted by atomic mass is 10.1. The van der Waals surface area contributed by atoms with Gasteiger partial charge in [-0.05, 0) is 18.6 Å². The molecule has 0 atom stereocenters. The SMILES string of the molecule is COc1cccc(C)c1CN(C)O. The van der Waals surface area contributed by atoms with E-state index in [-0.39, 0.29) is 0 Å². The van der Waals surface area contributed by atoms with Crippen molar-refractivity contribution in [3.05, 3.63) is 29.3 Å². The van der Waals surface area contributed by atoms with E-state index in [4.69, 9.17) is 9.94 Å². The van der Waals surface area contributed by atoms with Crippen molar-refractivity contribution < 1.29 is 9.94 Å². The molecule has 0 aliphatic carbocycles. The lowest BCUT2D eigenvalue weighted by Crippen LogP contribution is -2.13. The van der Waals surface area contributed by atoms with Crippen LogP contribution in [-0.2, 0) is 6.54 Å². The van der Waals surface area contributed by atoms with Crippen LogP contribution in [0.15, 0.2) is 18.2 Å². The van der Waals surface area contributed by atoms with Crippen molar-refractivity contribution in [2.45, 2.75) is 13.5 Å². The summed E-state index contributed by atoms with van der Waals surface area (Å²) in [7, 11) is 3.25. The molecule has 13 heavy (non-hydrogen) atoms. The molecule has 0 saturated carbocycles. The zero-order valence-electron chi connectivity index (χ0n) is 8.24. The van der Waals surface area contributed by atoms with Gasteiger partial charge in [0.15, 0.2) is 0 Å². The van der Waals surface area contributed by atoms with Crippen molar-refractivity contribution in [1.29, 1.82) is 0 Å². The predicted molar refractivity (Wildman–Crippen MR) is 51.0 cm³/mol. The standard InChI is InChI=1S/C10H15NO2/c1-8-5-4-6-10(13-3)9(8)7-11(2)12/h4-6,12H,7H2,1-3H3. The lowest BCUT2D eigenvalue weighted by molar-refractivity contribution is -0.0736. The molecule has 0 unspecified atom stereocenters. The highest BCUT2D eigenvalue weighted by molar-refractivity contribution is 5.39. The van der Waals surface area contributed by atoms with Crippen LogP contribution in [0.1, 0.15) is 11.1 Å². The lowest BCUT2D eigenvalue weighted by Gasteiger charge is -2.14. The third-order valence-electron chi connectivity index (χ3n) is 1.97. The van der Waals surface area contributed by atoms with Crippen LogP contribution >= 0.6 is 0 Å². The zero-order chi connectivity index (χ0) is 9.84. The maximum atomic E-state index is 9.13. The average Bonchev–Trinajstić information content (AvgIpc) is 2.08. The number of hydrogen-bond acceptors (Lipinski definition) is 3. The average molecular weight is 181 g/mol. The van der Waals surface area contributed by atoms with Gasteiger partial charge in [-0.25, -0.2) is 0 Å². The molecule has 1 rings (SSSR count). The van der Waals surface area contributed by atoms with Crippen molar-refractivity contribution in [2.75, 3.05) is 14.2 Å². The number of rotatable bonds is 3. The molecule has 3 nitrogen and oxygen atoms in total. The van der Waals surface area contributed by atoms with Gasteiger partial charge in [0.25, 0.3) is 0 Å². The third-order valence-corrected chi connectivity index (χ3v) is 1.97. The number of benzene rings is 1. The normalized spacial score (nSPS) is 10.5. The van der Waals surface area contributed by atoms with Crippen LogP contribution < -0.4 is 4.74 Å². The van der Waals surface area contributed by atoms with E-state index in [9.17, 15) is 0 Å². The Kier molecular flexibility index (Phi) is 3.28. The molecule has 3 heteroatoms. The van der Waals surface area contributed by atoms with Gasteiger partial charge >= 0.3 is 0 Å². The summed E-state index contributed by atoms with van der Waals surface area (Å²) in [4.78, 5) is 0. The molecule has 0 fully saturated rings. The zero-order valence-corrected chi connectivity index (χ0v) is 8.24. The first-order valence-corrected chi connectivity index (χ1v) is 4.17. The van der Waals surface area contributed by atoms with Crippen molar-refractivity contribution >= 4 is 0 Å². The largest absolute Gasteiger partial charge is 0.496 e. The Morgan fingerprint density at radius 1 is 1.46 bits per heavy atom. The number of aryl methyl sites for hydroxylation is 1. The van der Waals surface area contributed by atoms with Gasteiger partial charge in [0.1, 0.15) is 5.75 Å². The highest BCUT2D eigenvalue weighted by Gasteiger charge is 2.06. The van der Waals surface area contributed by atoms with Gasteiger partial charge in [-0.15, -0.1) is 0 Å². The molecule has 0 amide bonds. The quantitative estimate of drug-likeness (QED) is 0.722. The summed E-state index contributed by atoms with van der Waals surface area (Å²) in [6, 6.07) is 5.84. The first-order valence-electron chi connectivity index (χ1n) is 4.17. The van der Waals surface area contributed by atoms with E-state index in [0.29, 0.717) is 6.54 Å². The van der Waals surface area contributed by atoms with Crippen LogP contribution in [-0.4, -0.2) is 24.4 Å². The van der Waals surface area contributed by atoms with E-state index in [2.05, 4.69) is 0 Å². The van der Waals surface area contributed by atoms with Crippen molar-refractivity contribution in [3.8, 4) is 5.75 Å². The molecular weight excluding hydrogens is 166 g/mol. The van der Waals surface area contributed by atoms with Crippen LogP contribution in [0, 0.1) is 6.92 Å². The Hall–Kier alpha value is -1.06. The molecule has 0 aliphatic heterocycles. The number of methoxy groups -OCH3 is 1. The molecule has 0 heterocycles. The highest BCUT2D eigenvalue weighted by Crippen LogP contribution is 2.22. The fraction of sp³-hybridized carbons (Fsp3) is 0.400. The van der Waals surface area contributed by atoms with Gasteiger partial charge in [0, 0.05) is 12.6 Å². The first-order chi connectivity index (χ1) is 6.15. The molecule has 72 valence electrons. The van der Waals surface area contributed by atoms with Crippen LogP contribution in [0.3, 0.4) is 0 Å². The van der Waals surface area contributed by atoms with Crippen LogP contribution in [0.2, 0.25) is 0 Å². The van der Waals surface area contributed by atoms with Crippen LogP contribution in [0.5, 0.6) is 5.75 Å². The molecule has 1 aromatic carbocycles. The van der Waals surface area contributed by atoms with Crippen LogP contribution in [0.4, 0.5) is 0 Å². The highest BCUT2D eigenvalue weighted by atomic mass is 16.5. The van der Waals surface area contributed by atoms with E-state index in [1.807, 2.05) is 25.1 Å². The number of nitrogens with zero attached hydrogens (tertiary/aromatic N) is 1. The molecule has 1 N–H and O–H groups in total. The molecule has 0 radical (unpaired) electrons. The van der Waals surface area contributed by atoms with Gasteiger partial charge in [-0.1, -0.05) is 12.1 Å². The van der Waals surface area contributed by atoms with E-state index in [0.717, 1.165) is 21.9 Å². The topological polar surface area (TPSA) is 32.7 Å². The van der Waals surface area contributed by atoms with Crippen molar-refractivity contribution in [2.24, 2.45) is 0 Å². The van der Waals surface area contributed by atoms with Gasteiger partial charge in [-0.3, -0.25) is 0 Å². The molecular formula is C10H15NO2. The third kappa shape index (κ3) is 2.44. The number of hydroxylamine groups is 2. The Balaban J connectivity index is 3.00. The molecule has 0 saturated heterocycles. The van der Waals surface area contributed by atoms with E-state index >= 15 is 0 Å². The molecule has 0 aromatic heterocycles. The number of hydrogen-bond donors (Lipinski definition) is 1. The smallest absolute Gasteiger partial charge is 0.123 e. The summed E-state index contributed by atoms with van der Waals surface area (Å²) >= 11 is 0. The summed E-state index contributed by atoms with van der Waals surface area (Å²) in [5.41, 5.74) is 2.15. The van der Waals surface area contributed by atoms with Crippen molar-refractivity contribution in [3.63, 3.8) is 0 Å². The van der Waals surface area contributed by atoms with Crippen molar-refractivity contribution in [1.82, 2.24) is 5.06 Å². The second-order valence-corrected chi connectivity index (χ2v) is 3.07. The minimum atomic E-state index is 0.482. The fourth-order valence-electron chi connectivity index (χ4n) is 1.30. The predicted octanol–water partition coefficient (Wildman–Crippen LogP) is 1.82. The maximum Gasteiger partial charge on any atom is 0.123 e. The monoisotopic (exact) mass is 181 g/mol. The summed E-state index contributed by atoms with van der Waals surface area (Å²) in [6.45, 7) is 2.48. The second-order valence-electron chi connectivity index (χ2n) is 3.07. The van der Waals surface area contributed by atoms with E-state index in [1.165, 1.54) is 0 Å². The van der Waals surface area contributed by atoms with E-state index in [1.54, 1.807) is 14.2 Å². The van der Waals surface area contributed by atoms with Gasteiger partial charge in [0.05, 0.1) is 13.7 Å². The Bertz CT molecular complexity index is 284. The summed E-state index contributed by atoms with van der Waals surface area (Å²) < 4.78 is 5.19. The van der Waals surface area contributed by atoms with Crippen LogP contribution in [0.25, 0.3) is 0 Å².